The first-order valence-electron chi connectivity index (χ1n) is 8.10. The maximum atomic E-state index is 13.0. The van der Waals surface area contributed by atoms with Gasteiger partial charge in [0.15, 0.2) is 12.4 Å². The molecule has 0 radical (unpaired) electrons. The Morgan fingerprint density at radius 2 is 1.56 bits per heavy atom. The molecule has 1 N–H and O–H groups in total. The summed E-state index contributed by atoms with van der Waals surface area (Å²) in [7, 11) is 0. The number of halogens is 2. The van der Waals surface area contributed by atoms with Gasteiger partial charge in [-0.3, -0.25) is 9.59 Å². The highest BCUT2D eigenvalue weighted by atomic mass is 127. The molecule has 4 nitrogen and oxygen atoms in total. The summed E-state index contributed by atoms with van der Waals surface area (Å²) >= 11 is 2.17. The summed E-state index contributed by atoms with van der Waals surface area (Å²) in [5.41, 5.74) is 1.56. The predicted molar refractivity (Wildman–Crippen MR) is 110 cm³/mol. The van der Waals surface area contributed by atoms with Crippen molar-refractivity contribution in [1.82, 2.24) is 0 Å². The highest BCUT2D eigenvalue weighted by Crippen LogP contribution is 2.16. The van der Waals surface area contributed by atoms with Crippen LogP contribution in [0.25, 0.3) is 0 Å². The van der Waals surface area contributed by atoms with Crippen LogP contribution in [0, 0.1) is 9.39 Å². The number of carbonyl (C=O) groups excluding carboxylic acids is 2. The number of nitrogens with one attached hydrogen (secondary N) is 1. The number of amides is 1. The first-order valence-corrected chi connectivity index (χ1v) is 9.18. The van der Waals surface area contributed by atoms with Gasteiger partial charge in [0.2, 0.25) is 0 Å². The van der Waals surface area contributed by atoms with Crippen molar-refractivity contribution in [2.24, 2.45) is 0 Å². The molecule has 3 rings (SSSR count). The molecule has 0 unspecified atom stereocenters. The third kappa shape index (κ3) is 5.37. The zero-order valence-electron chi connectivity index (χ0n) is 14.1. The summed E-state index contributed by atoms with van der Waals surface area (Å²) in [6.45, 7) is -0.142. The molecule has 0 saturated carbocycles. The van der Waals surface area contributed by atoms with Crippen molar-refractivity contribution in [3.05, 3.63) is 93.3 Å². The Bertz CT molecular complexity index is 956. The molecule has 6 heteroatoms. The lowest BCUT2D eigenvalue weighted by atomic mass is 10.0. The van der Waals surface area contributed by atoms with Gasteiger partial charge in [-0.2, -0.15) is 0 Å². The lowest BCUT2D eigenvalue weighted by Gasteiger charge is -2.08. The molecule has 0 aromatic heterocycles. The molecule has 0 fully saturated rings. The number of hydrogen-bond acceptors (Lipinski definition) is 3. The van der Waals surface area contributed by atoms with Crippen LogP contribution in [0.4, 0.5) is 10.1 Å². The standard InChI is InChI=1S/C21H15FINO3/c22-16-8-4-14(5-9-16)21(26)15-6-10-19(11-7-15)27-13-20(25)24-18-3-1-2-17(23)12-18/h1-12H,13H2,(H,24,25). The maximum absolute atomic E-state index is 13.0. The molecular formula is C21H15FINO3. The minimum absolute atomic E-state index is 0.142. The first kappa shape index (κ1) is 19.0. The van der Waals surface area contributed by atoms with Crippen LogP contribution >= 0.6 is 22.6 Å². The molecule has 27 heavy (non-hydrogen) atoms. The molecule has 0 spiro atoms. The maximum Gasteiger partial charge on any atom is 0.262 e. The fourth-order valence-electron chi connectivity index (χ4n) is 2.38. The second-order valence-electron chi connectivity index (χ2n) is 5.71. The lowest BCUT2D eigenvalue weighted by Crippen LogP contribution is -2.20. The molecular weight excluding hydrogens is 460 g/mol. The van der Waals surface area contributed by atoms with Gasteiger partial charge in [-0.05, 0) is 89.3 Å². The van der Waals surface area contributed by atoms with Crippen LogP contribution in [0.15, 0.2) is 72.8 Å². The zero-order chi connectivity index (χ0) is 19.2. The van der Waals surface area contributed by atoms with Crippen LogP contribution in [-0.2, 0) is 4.79 Å². The van der Waals surface area contributed by atoms with Crippen molar-refractivity contribution in [3.8, 4) is 5.75 Å². The van der Waals surface area contributed by atoms with E-state index in [4.69, 9.17) is 4.74 Å². The molecule has 3 aromatic carbocycles. The van der Waals surface area contributed by atoms with Crippen molar-refractivity contribution in [2.75, 3.05) is 11.9 Å². The third-order valence-corrected chi connectivity index (χ3v) is 4.37. The predicted octanol–water partition coefficient (Wildman–Crippen LogP) is 4.68. The average Bonchev–Trinajstić information content (AvgIpc) is 2.67. The second kappa shape index (κ2) is 8.77. The van der Waals surface area contributed by atoms with Gasteiger partial charge in [-0.25, -0.2) is 4.39 Å². The summed E-state index contributed by atoms with van der Waals surface area (Å²) in [4.78, 5) is 24.3. The largest absolute Gasteiger partial charge is 0.484 e. The van der Waals surface area contributed by atoms with Crippen LogP contribution in [0.1, 0.15) is 15.9 Å². The fraction of sp³-hybridized carbons (Fsp3) is 0.0476. The molecule has 136 valence electrons. The molecule has 0 aliphatic carbocycles. The summed E-state index contributed by atoms with van der Waals surface area (Å²) in [5.74, 6) is -0.399. The van der Waals surface area contributed by atoms with E-state index >= 15 is 0 Å². The zero-order valence-corrected chi connectivity index (χ0v) is 16.3. The van der Waals surface area contributed by atoms with Crippen molar-refractivity contribution < 1.29 is 18.7 Å². The van der Waals surface area contributed by atoms with E-state index in [1.807, 2.05) is 18.2 Å². The van der Waals surface area contributed by atoms with Crippen molar-refractivity contribution in [1.29, 1.82) is 0 Å². The number of hydrogen-bond donors (Lipinski definition) is 1. The molecule has 0 saturated heterocycles. The molecule has 0 heterocycles. The molecule has 1 amide bonds. The summed E-state index contributed by atoms with van der Waals surface area (Å²) in [6.07, 6.45) is 0. The Kier molecular flexibility index (Phi) is 6.18. The molecule has 0 bridgehead atoms. The van der Waals surface area contributed by atoms with Crippen LogP contribution in [0.5, 0.6) is 5.75 Å². The molecule has 0 aliphatic heterocycles. The Balaban J connectivity index is 1.56. The summed E-state index contributed by atoms with van der Waals surface area (Å²) in [5, 5.41) is 2.76. The van der Waals surface area contributed by atoms with E-state index in [0.29, 0.717) is 22.6 Å². The van der Waals surface area contributed by atoms with Gasteiger partial charge < -0.3 is 10.1 Å². The smallest absolute Gasteiger partial charge is 0.262 e. The van der Waals surface area contributed by atoms with Crippen molar-refractivity contribution in [2.45, 2.75) is 0 Å². The topological polar surface area (TPSA) is 55.4 Å². The van der Waals surface area contributed by atoms with Crippen molar-refractivity contribution >= 4 is 40.0 Å². The van der Waals surface area contributed by atoms with E-state index in [1.165, 1.54) is 24.3 Å². The fourth-order valence-corrected chi connectivity index (χ4v) is 2.93. The number of ether oxygens (including phenoxy) is 1. The number of anilines is 1. The average molecular weight is 475 g/mol. The van der Waals surface area contributed by atoms with Crippen LogP contribution in [0.3, 0.4) is 0 Å². The summed E-state index contributed by atoms with van der Waals surface area (Å²) in [6, 6.07) is 19.3. The van der Waals surface area contributed by atoms with E-state index in [-0.39, 0.29) is 18.3 Å². The molecule has 0 atom stereocenters. The third-order valence-electron chi connectivity index (χ3n) is 3.70. The van der Waals surface area contributed by atoms with E-state index in [1.54, 1.807) is 30.3 Å². The van der Waals surface area contributed by atoms with Gasteiger partial charge >= 0.3 is 0 Å². The van der Waals surface area contributed by atoms with Gasteiger partial charge in [0, 0.05) is 20.4 Å². The Morgan fingerprint density at radius 1 is 0.926 bits per heavy atom. The molecule has 0 aliphatic rings. The SMILES string of the molecule is O=C(COc1ccc(C(=O)c2ccc(F)cc2)cc1)Nc1cccc(I)c1. The van der Waals surface area contributed by atoms with Gasteiger partial charge in [-0.15, -0.1) is 0 Å². The Labute approximate surface area is 169 Å². The lowest BCUT2D eigenvalue weighted by molar-refractivity contribution is -0.118. The Morgan fingerprint density at radius 3 is 2.19 bits per heavy atom. The first-order chi connectivity index (χ1) is 13.0. The highest BCUT2D eigenvalue weighted by Gasteiger charge is 2.10. The summed E-state index contributed by atoms with van der Waals surface area (Å²) < 4.78 is 19.4. The van der Waals surface area contributed by atoms with Gasteiger partial charge in [0.05, 0.1) is 0 Å². The number of rotatable bonds is 6. The van der Waals surface area contributed by atoms with E-state index < -0.39 is 5.82 Å². The highest BCUT2D eigenvalue weighted by molar-refractivity contribution is 14.1. The van der Waals surface area contributed by atoms with Gasteiger partial charge in [0.1, 0.15) is 11.6 Å². The van der Waals surface area contributed by atoms with E-state index in [2.05, 4.69) is 27.9 Å². The van der Waals surface area contributed by atoms with E-state index in [9.17, 15) is 14.0 Å². The van der Waals surface area contributed by atoms with Crippen LogP contribution in [0.2, 0.25) is 0 Å². The second-order valence-corrected chi connectivity index (χ2v) is 6.95. The van der Waals surface area contributed by atoms with Gasteiger partial charge in [-0.1, -0.05) is 6.07 Å². The number of benzene rings is 3. The van der Waals surface area contributed by atoms with Crippen LogP contribution < -0.4 is 10.1 Å². The van der Waals surface area contributed by atoms with Gasteiger partial charge in [0.25, 0.3) is 5.91 Å². The van der Waals surface area contributed by atoms with Crippen LogP contribution in [-0.4, -0.2) is 18.3 Å². The number of carbonyl (C=O) groups is 2. The minimum atomic E-state index is -0.390. The van der Waals surface area contributed by atoms with E-state index in [0.717, 1.165) is 3.57 Å². The molecule has 3 aromatic rings. The monoisotopic (exact) mass is 475 g/mol. The van der Waals surface area contributed by atoms with Crippen molar-refractivity contribution in [3.63, 3.8) is 0 Å². The number of ketones is 1. The minimum Gasteiger partial charge on any atom is -0.484 e. The normalized spacial score (nSPS) is 10.3. The Hall–Kier alpha value is -2.74. The quantitative estimate of drug-likeness (QED) is 0.416.